The first-order chi connectivity index (χ1) is 12.5. The summed E-state index contributed by atoms with van der Waals surface area (Å²) in [6.45, 7) is 3.73. The summed E-state index contributed by atoms with van der Waals surface area (Å²) in [6, 6.07) is 16.5. The topological polar surface area (TPSA) is 65.1 Å². The van der Waals surface area contributed by atoms with Gasteiger partial charge in [0.1, 0.15) is 12.4 Å². The molecule has 1 amide bonds. The van der Waals surface area contributed by atoms with Crippen molar-refractivity contribution in [2.45, 2.75) is 26.1 Å². The average molecular weight is 355 g/mol. The average Bonchev–Trinajstić information content (AvgIpc) is 2.66. The van der Waals surface area contributed by atoms with Crippen LogP contribution in [0.15, 0.2) is 54.6 Å². The van der Waals surface area contributed by atoms with E-state index in [1.54, 1.807) is 38.1 Å². The molecule has 0 aliphatic carbocycles. The highest BCUT2D eigenvalue weighted by molar-refractivity contribution is 5.93. The first-order valence-electron chi connectivity index (χ1n) is 8.47. The number of benzene rings is 2. The number of esters is 1. The Morgan fingerprint density at radius 2 is 1.77 bits per heavy atom. The first kappa shape index (κ1) is 17.8. The molecule has 0 bridgehead atoms. The van der Waals surface area contributed by atoms with Crippen molar-refractivity contribution in [1.29, 1.82) is 0 Å². The van der Waals surface area contributed by atoms with Crippen molar-refractivity contribution in [1.82, 2.24) is 0 Å². The lowest BCUT2D eigenvalue weighted by molar-refractivity contribution is -0.159. The fourth-order valence-electron chi connectivity index (χ4n) is 2.78. The maximum absolute atomic E-state index is 12.7. The Kier molecular flexibility index (Phi) is 5.11. The predicted octanol–water partition coefficient (Wildman–Crippen LogP) is 3.54. The van der Waals surface area contributed by atoms with Gasteiger partial charge in [0.05, 0.1) is 18.8 Å². The van der Waals surface area contributed by atoms with Gasteiger partial charge in [-0.25, -0.2) is 9.59 Å². The highest BCUT2D eigenvalue weighted by Crippen LogP contribution is 2.37. The first-order valence-corrected chi connectivity index (χ1v) is 8.47. The van der Waals surface area contributed by atoms with Crippen LogP contribution in [-0.4, -0.2) is 30.8 Å². The number of carbonyl (C=O) groups is 2. The molecule has 0 N–H and O–H groups in total. The van der Waals surface area contributed by atoms with Gasteiger partial charge in [0.2, 0.25) is 5.60 Å². The molecule has 0 saturated heterocycles. The minimum Gasteiger partial charge on any atom is -0.472 e. The minimum absolute atomic E-state index is 0.0104. The summed E-state index contributed by atoms with van der Waals surface area (Å²) in [4.78, 5) is 26.5. The Balaban J connectivity index is 1.82. The van der Waals surface area contributed by atoms with Crippen LogP contribution in [0.25, 0.3) is 0 Å². The molecule has 26 heavy (non-hydrogen) atoms. The summed E-state index contributed by atoms with van der Waals surface area (Å²) in [6.07, 6.45) is -0.542. The van der Waals surface area contributed by atoms with Gasteiger partial charge < -0.3 is 14.2 Å². The Labute approximate surface area is 152 Å². The molecule has 1 heterocycles. The lowest BCUT2D eigenvalue weighted by atomic mass is 10.0. The van der Waals surface area contributed by atoms with Crippen molar-refractivity contribution >= 4 is 17.7 Å². The number of hydrogen-bond donors (Lipinski definition) is 0. The molecule has 2 aromatic carbocycles. The van der Waals surface area contributed by atoms with Gasteiger partial charge in [-0.15, -0.1) is 0 Å². The summed E-state index contributed by atoms with van der Waals surface area (Å²) in [5.74, 6) is -0.0821. The molecule has 1 aliphatic heterocycles. The number of rotatable bonds is 4. The van der Waals surface area contributed by atoms with E-state index in [0.717, 1.165) is 5.56 Å². The maximum atomic E-state index is 12.7. The van der Waals surface area contributed by atoms with Crippen LogP contribution in [-0.2, 0) is 20.9 Å². The van der Waals surface area contributed by atoms with Crippen molar-refractivity contribution in [2.75, 3.05) is 18.1 Å². The summed E-state index contributed by atoms with van der Waals surface area (Å²) >= 11 is 0. The Morgan fingerprint density at radius 1 is 1.08 bits per heavy atom. The molecule has 0 aromatic heterocycles. The van der Waals surface area contributed by atoms with E-state index in [1.165, 1.54) is 4.90 Å². The summed E-state index contributed by atoms with van der Waals surface area (Å²) in [5.41, 5.74) is 0.152. The third kappa shape index (κ3) is 3.64. The second kappa shape index (κ2) is 7.47. The van der Waals surface area contributed by atoms with Crippen LogP contribution in [0.3, 0.4) is 0 Å². The van der Waals surface area contributed by atoms with Gasteiger partial charge in [0.15, 0.2) is 0 Å². The molecule has 0 saturated carbocycles. The summed E-state index contributed by atoms with van der Waals surface area (Å²) in [7, 11) is 0. The molecule has 3 rings (SSSR count). The monoisotopic (exact) mass is 355 g/mol. The number of fused-ring (bicyclic) bond motifs is 1. The molecule has 0 unspecified atom stereocenters. The van der Waals surface area contributed by atoms with Gasteiger partial charge >= 0.3 is 12.1 Å². The van der Waals surface area contributed by atoms with Crippen LogP contribution in [0.1, 0.15) is 19.4 Å². The lowest BCUT2D eigenvalue weighted by Gasteiger charge is -2.39. The number of hydrogen-bond acceptors (Lipinski definition) is 5. The van der Waals surface area contributed by atoms with Gasteiger partial charge in [0, 0.05) is 0 Å². The van der Waals surface area contributed by atoms with Gasteiger partial charge in [-0.05, 0) is 31.5 Å². The van der Waals surface area contributed by atoms with Gasteiger partial charge in [-0.1, -0.05) is 42.5 Å². The molecule has 1 atom stereocenters. The largest absolute Gasteiger partial charge is 0.472 e. The van der Waals surface area contributed by atoms with Crippen LogP contribution in [0.5, 0.6) is 5.75 Å². The molecule has 2 aromatic rings. The van der Waals surface area contributed by atoms with Crippen molar-refractivity contribution in [3.63, 3.8) is 0 Å². The predicted molar refractivity (Wildman–Crippen MR) is 96.1 cm³/mol. The van der Waals surface area contributed by atoms with Crippen molar-refractivity contribution in [3.05, 3.63) is 60.2 Å². The molecule has 136 valence electrons. The van der Waals surface area contributed by atoms with E-state index in [9.17, 15) is 9.59 Å². The van der Waals surface area contributed by atoms with E-state index in [-0.39, 0.29) is 19.8 Å². The summed E-state index contributed by atoms with van der Waals surface area (Å²) < 4.78 is 16.4. The van der Waals surface area contributed by atoms with Crippen LogP contribution in [0.2, 0.25) is 0 Å². The fourth-order valence-corrected chi connectivity index (χ4v) is 2.78. The van der Waals surface area contributed by atoms with Crippen LogP contribution in [0, 0.1) is 0 Å². The Hall–Kier alpha value is -3.02. The van der Waals surface area contributed by atoms with Crippen molar-refractivity contribution < 1.29 is 23.8 Å². The quantitative estimate of drug-likeness (QED) is 0.785. The molecular weight excluding hydrogens is 334 g/mol. The van der Waals surface area contributed by atoms with Crippen LogP contribution in [0.4, 0.5) is 10.5 Å². The van der Waals surface area contributed by atoms with Crippen LogP contribution < -0.4 is 9.64 Å². The van der Waals surface area contributed by atoms with E-state index in [4.69, 9.17) is 14.2 Å². The molecule has 6 heteroatoms. The molecule has 0 fully saturated rings. The number of anilines is 1. The summed E-state index contributed by atoms with van der Waals surface area (Å²) in [5, 5.41) is 0. The van der Waals surface area contributed by atoms with Gasteiger partial charge in [0.25, 0.3) is 0 Å². The zero-order valence-corrected chi connectivity index (χ0v) is 14.8. The standard InChI is InChI=1S/C20H21NO5/c1-3-24-18(22)20(2)14-21(16-11-7-8-12-17(16)26-20)19(23)25-13-15-9-5-4-6-10-15/h4-12H,3,13-14H2,1-2H3/t20-/m0/s1. The number of nitrogens with zero attached hydrogens (tertiary/aromatic N) is 1. The van der Waals surface area contributed by atoms with Crippen molar-refractivity contribution in [3.8, 4) is 5.75 Å². The van der Waals surface area contributed by atoms with E-state index in [1.807, 2.05) is 30.3 Å². The number of carbonyl (C=O) groups excluding carboxylic acids is 2. The fraction of sp³-hybridized carbons (Fsp3) is 0.300. The number of amides is 1. The molecular formula is C20H21NO5. The highest BCUT2D eigenvalue weighted by atomic mass is 16.6. The molecule has 0 radical (unpaired) electrons. The molecule has 0 spiro atoms. The van der Waals surface area contributed by atoms with E-state index in [0.29, 0.717) is 11.4 Å². The SMILES string of the molecule is CCOC(=O)[C@]1(C)CN(C(=O)OCc2ccccc2)c2ccccc2O1. The zero-order chi connectivity index (χ0) is 18.6. The van der Waals surface area contributed by atoms with Gasteiger partial charge in [-0.3, -0.25) is 4.90 Å². The van der Waals surface area contributed by atoms with Crippen molar-refractivity contribution in [2.24, 2.45) is 0 Å². The minimum atomic E-state index is -1.30. The van der Waals surface area contributed by atoms with Gasteiger partial charge in [-0.2, -0.15) is 0 Å². The highest BCUT2D eigenvalue weighted by Gasteiger charge is 2.45. The second-order valence-corrected chi connectivity index (χ2v) is 6.15. The molecule has 6 nitrogen and oxygen atoms in total. The number of ether oxygens (including phenoxy) is 3. The van der Waals surface area contributed by atoms with Crippen LogP contribution >= 0.6 is 0 Å². The Bertz CT molecular complexity index is 792. The third-order valence-electron chi connectivity index (χ3n) is 4.08. The zero-order valence-electron chi connectivity index (χ0n) is 14.8. The second-order valence-electron chi connectivity index (χ2n) is 6.15. The Morgan fingerprint density at radius 3 is 2.50 bits per heavy atom. The van der Waals surface area contributed by atoms with E-state index >= 15 is 0 Å². The van der Waals surface area contributed by atoms with E-state index < -0.39 is 17.7 Å². The normalized spacial score (nSPS) is 18.5. The smallest absolute Gasteiger partial charge is 0.414 e. The van der Waals surface area contributed by atoms with E-state index in [2.05, 4.69) is 0 Å². The maximum Gasteiger partial charge on any atom is 0.414 e. The lowest BCUT2D eigenvalue weighted by Crippen LogP contribution is -2.56. The third-order valence-corrected chi connectivity index (χ3v) is 4.08. The number of para-hydroxylation sites is 2. The molecule has 1 aliphatic rings.